The molecule has 0 aromatic rings. The van der Waals surface area contributed by atoms with Crippen molar-refractivity contribution in [1.82, 2.24) is 0 Å². The zero-order valence-corrected chi connectivity index (χ0v) is 6.95. The fourth-order valence-corrected chi connectivity index (χ4v) is 2.06. The number of methoxy groups -OCH3 is 1. The summed E-state index contributed by atoms with van der Waals surface area (Å²) in [5, 5.41) is 0. The van der Waals surface area contributed by atoms with Crippen LogP contribution in [0.2, 0.25) is 0 Å². The molecule has 3 atom stereocenters. The monoisotopic (exact) mass is 155 g/mol. The first-order valence-electron chi connectivity index (χ1n) is 4.42. The van der Waals surface area contributed by atoms with Crippen molar-refractivity contribution in [3.63, 3.8) is 0 Å². The summed E-state index contributed by atoms with van der Waals surface area (Å²) >= 11 is 0. The number of rotatable bonds is 1. The summed E-state index contributed by atoms with van der Waals surface area (Å²) in [6.45, 7) is 0. The summed E-state index contributed by atoms with van der Waals surface area (Å²) in [5.41, 5.74) is 0. The van der Waals surface area contributed by atoms with Gasteiger partial charge in [0.05, 0.1) is 6.10 Å². The maximum atomic E-state index is 5.66. The van der Waals surface area contributed by atoms with Crippen molar-refractivity contribution in [2.24, 2.45) is 5.92 Å². The molecule has 0 bridgehead atoms. The third kappa shape index (κ3) is 1.42. The third-order valence-electron chi connectivity index (χ3n) is 2.69. The van der Waals surface area contributed by atoms with Gasteiger partial charge in [0.2, 0.25) is 0 Å². The van der Waals surface area contributed by atoms with E-state index in [2.05, 4.69) is 6.42 Å². The van der Waals surface area contributed by atoms with E-state index in [1.807, 2.05) is 0 Å². The van der Waals surface area contributed by atoms with Crippen molar-refractivity contribution in [3.05, 3.63) is 6.42 Å². The van der Waals surface area contributed by atoms with Gasteiger partial charge in [0, 0.05) is 13.5 Å². The van der Waals surface area contributed by atoms with Crippen LogP contribution >= 0.6 is 0 Å². The van der Waals surface area contributed by atoms with E-state index in [1.165, 1.54) is 19.3 Å². The Kier molecular flexibility index (Phi) is 2.14. The van der Waals surface area contributed by atoms with Crippen LogP contribution in [0.25, 0.3) is 0 Å². The molecule has 2 aliphatic rings. The van der Waals surface area contributed by atoms with Gasteiger partial charge in [-0.05, 0) is 25.2 Å². The lowest BCUT2D eigenvalue weighted by molar-refractivity contribution is -0.117. The van der Waals surface area contributed by atoms with Crippen LogP contribution in [0.3, 0.4) is 0 Å². The first-order valence-corrected chi connectivity index (χ1v) is 4.42. The van der Waals surface area contributed by atoms with Crippen molar-refractivity contribution >= 4 is 0 Å². The molecule has 0 N–H and O–H groups in total. The van der Waals surface area contributed by atoms with E-state index in [0.29, 0.717) is 12.0 Å². The largest absolute Gasteiger partial charge is 0.356 e. The molecule has 1 saturated carbocycles. The van der Waals surface area contributed by atoms with Gasteiger partial charge in [-0.15, -0.1) is 0 Å². The summed E-state index contributed by atoms with van der Waals surface area (Å²) in [7, 11) is 1.72. The highest BCUT2D eigenvalue weighted by Gasteiger charge is 2.36. The van der Waals surface area contributed by atoms with E-state index < -0.39 is 0 Å². The summed E-state index contributed by atoms with van der Waals surface area (Å²) in [6, 6.07) is 0. The van der Waals surface area contributed by atoms with E-state index in [1.54, 1.807) is 7.11 Å². The minimum atomic E-state index is 0.0688. The van der Waals surface area contributed by atoms with Crippen LogP contribution in [0.4, 0.5) is 0 Å². The molecule has 1 aliphatic carbocycles. The molecule has 1 saturated heterocycles. The van der Waals surface area contributed by atoms with Crippen LogP contribution < -0.4 is 0 Å². The minimum Gasteiger partial charge on any atom is -0.356 e. The second-order valence-corrected chi connectivity index (χ2v) is 3.41. The van der Waals surface area contributed by atoms with Crippen LogP contribution in [-0.2, 0) is 9.47 Å². The van der Waals surface area contributed by atoms with Gasteiger partial charge < -0.3 is 9.47 Å². The topological polar surface area (TPSA) is 18.5 Å². The fraction of sp³-hybridized carbons (Fsp3) is 0.889. The summed E-state index contributed by atoms with van der Waals surface area (Å²) in [6.07, 6.45) is 7.78. The average Bonchev–Trinajstić information content (AvgIpc) is 2.46. The molecule has 2 rings (SSSR count). The lowest BCUT2D eigenvalue weighted by Gasteiger charge is -2.22. The van der Waals surface area contributed by atoms with Crippen molar-refractivity contribution in [2.45, 2.75) is 38.1 Å². The summed E-state index contributed by atoms with van der Waals surface area (Å²) in [4.78, 5) is 0. The molecule has 11 heavy (non-hydrogen) atoms. The maximum absolute atomic E-state index is 5.66. The Labute approximate surface area is 67.9 Å². The Morgan fingerprint density at radius 1 is 1.55 bits per heavy atom. The highest BCUT2D eigenvalue weighted by atomic mass is 16.7. The quantitative estimate of drug-likeness (QED) is 0.574. The first kappa shape index (κ1) is 7.56. The zero-order valence-electron chi connectivity index (χ0n) is 6.95. The molecule has 0 aromatic carbocycles. The number of hydrogen-bond acceptors (Lipinski definition) is 2. The van der Waals surface area contributed by atoms with Crippen LogP contribution in [0.15, 0.2) is 0 Å². The molecular weight excluding hydrogens is 140 g/mol. The molecular formula is C9H15O2. The highest BCUT2D eigenvalue weighted by molar-refractivity contribution is 4.92. The van der Waals surface area contributed by atoms with Gasteiger partial charge in [-0.2, -0.15) is 0 Å². The predicted molar refractivity (Wildman–Crippen MR) is 41.9 cm³/mol. The first-order chi connectivity index (χ1) is 5.40. The predicted octanol–water partition coefficient (Wildman–Crippen LogP) is 1.75. The molecule has 0 amide bonds. The van der Waals surface area contributed by atoms with Crippen LogP contribution in [0, 0.1) is 12.3 Å². The van der Waals surface area contributed by atoms with E-state index >= 15 is 0 Å². The van der Waals surface area contributed by atoms with Gasteiger partial charge in [0.1, 0.15) is 0 Å². The Morgan fingerprint density at radius 3 is 3.18 bits per heavy atom. The summed E-state index contributed by atoms with van der Waals surface area (Å²) < 4.78 is 10.8. The number of hydrogen-bond donors (Lipinski definition) is 0. The molecule has 1 aliphatic heterocycles. The van der Waals surface area contributed by atoms with Gasteiger partial charge in [0.25, 0.3) is 0 Å². The van der Waals surface area contributed by atoms with E-state index in [9.17, 15) is 0 Å². The normalized spacial score (nSPS) is 43.9. The van der Waals surface area contributed by atoms with E-state index in [4.69, 9.17) is 9.47 Å². The highest BCUT2D eigenvalue weighted by Crippen LogP contribution is 2.36. The minimum absolute atomic E-state index is 0.0688. The molecule has 0 spiro atoms. The van der Waals surface area contributed by atoms with E-state index in [0.717, 1.165) is 6.42 Å². The lowest BCUT2D eigenvalue weighted by Crippen LogP contribution is -2.20. The fourth-order valence-electron chi connectivity index (χ4n) is 2.06. The smallest absolute Gasteiger partial charge is 0.157 e. The van der Waals surface area contributed by atoms with Crippen LogP contribution in [0.1, 0.15) is 25.7 Å². The van der Waals surface area contributed by atoms with Crippen LogP contribution in [0.5, 0.6) is 0 Å². The molecule has 2 heteroatoms. The van der Waals surface area contributed by atoms with Crippen molar-refractivity contribution in [2.75, 3.05) is 7.11 Å². The lowest BCUT2D eigenvalue weighted by atomic mass is 9.86. The average molecular weight is 155 g/mol. The number of ether oxygens (including phenoxy) is 2. The van der Waals surface area contributed by atoms with Crippen molar-refractivity contribution < 1.29 is 9.47 Å². The Morgan fingerprint density at radius 2 is 2.45 bits per heavy atom. The van der Waals surface area contributed by atoms with Crippen molar-refractivity contribution in [1.29, 1.82) is 0 Å². The van der Waals surface area contributed by atoms with Gasteiger partial charge in [-0.25, -0.2) is 0 Å². The van der Waals surface area contributed by atoms with Gasteiger partial charge >= 0.3 is 0 Å². The molecule has 63 valence electrons. The molecule has 1 radical (unpaired) electrons. The molecule has 1 heterocycles. The Bertz CT molecular complexity index is 122. The summed E-state index contributed by atoms with van der Waals surface area (Å²) in [5.74, 6) is 0.675. The molecule has 0 aromatic heterocycles. The molecule has 2 unspecified atom stereocenters. The second-order valence-electron chi connectivity index (χ2n) is 3.41. The third-order valence-corrected chi connectivity index (χ3v) is 2.69. The van der Waals surface area contributed by atoms with Gasteiger partial charge in [-0.3, -0.25) is 0 Å². The standard InChI is InChI=1S/C9H15O2/c1-10-9-6-7-4-2-3-5-8(7)11-9/h4,7-9H,2-3,5-6H2,1H3/t7?,8?,9-/m0/s1. The number of fused-ring (bicyclic) bond motifs is 1. The van der Waals surface area contributed by atoms with Gasteiger partial charge in [0.15, 0.2) is 6.29 Å². The Hall–Kier alpha value is -0.0800. The zero-order chi connectivity index (χ0) is 7.68. The van der Waals surface area contributed by atoms with Crippen LogP contribution in [-0.4, -0.2) is 19.5 Å². The molecule has 2 nitrogen and oxygen atoms in total. The second kappa shape index (κ2) is 3.11. The van der Waals surface area contributed by atoms with Gasteiger partial charge in [-0.1, -0.05) is 6.42 Å². The maximum Gasteiger partial charge on any atom is 0.157 e. The van der Waals surface area contributed by atoms with E-state index in [-0.39, 0.29) is 6.29 Å². The van der Waals surface area contributed by atoms with Crippen molar-refractivity contribution in [3.8, 4) is 0 Å². The molecule has 2 fully saturated rings. The Balaban J connectivity index is 1.92. The SMILES string of the molecule is CO[C@@H]1CC2[CH]CCCC2O1.